The molecule has 1 fully saturated rings. The van der Waals surface area contributed by atoms with Gasteiger partial charge in [0.1, 0.15) is 0 Å². The summed E-state index contributed by atoms with van der Waals surface area (Å²) in [5.41, 5.74) is 2.65. The maximum atomic E-state index is 12.9. The number of hydrogen-bond acceptors (Lipinski definition) is 5. The Bertz CT molecular complexity index is 881. The first kappa shape index (κ1) is 15.8. The van der Waals surface area contributed by atoms with Crippen molar-refractivity contribution in [3.8, 4) is 0 Å². The number of imide groups is 1. The standard InChI is InChI=1S/C18H15ClN4O2/c1-11-4-2-3-5-12(11)10-22-16-15(20-21-22)17(24)23(18(16)25)14-8-6-13(19)7-9-14/h2-9,15-16H,10H2,1H3. The van der Waals surface area contributed by atoms with Crippen molar-refractivity contribution < 1.29 is 9.59 Å². The van der Waals surface area contributed by atoms with E-state index >= 15 is 0 Å². The predicted octanol–water partition coefficient (Wildman–Crippen LogP) is 3.14. The number of hydrogen-bond donors (Lipinski definition) is 0. The third-order valence-electron chi connectivity index (χ3n) is 4.54. The second-order valence-electron chi connectivity index (χ2n) is 6.11. The topological polar surface area (TPSA) is 65.3 Å². The van der Waals surface area contributed by atoms with E-state index in [0.717, 1.165) is 11.1 Å². The minimum atomic E-state index is -0.785. The first-order valence-electron chi connectivity index (χ1n) is 7.91. The Hall–Kier alpha value is -2.73. The lowest BCUT2D eigenvalue weighted by molar-refractivity contribution is -0.123. The number of amides is 2. The van der Waals surface area contributed by atoms with Crippen molar-refractivity contribution in [2.75, 3.05) is 4.90 Å². The van der Waals surface area contributed by atoms with Crippen LogP contribution in [0.25, 0.3) is 0 Å². The maximum absolute atomic E-state index is 12.9. The zero-order chi connectivity index (χ0) is 17.6. The van der Waals surface area contributed by atoms with E-state index in [9.17, 15) is 9.59 Å². The molecular weight excluding hydrogens is 340 g/mol. The third kappa shape index (κ3) is 2.59. The predicted molar refractivity (Wildman–Crippen MR) is 93.1 cm³/mol. The molecule has 2 aliphatic heterocycles. The van der Waals surface area contributed by atoms with Crippen LogP contribution in [0.1, 0.15) is 11.1 Å². The molecule has 2 aromatic rings. The largest absolute Gasteiger partial charge is 0.271 e. The zero-order valence-electron chi connectivity index (χ0n) is 13.5. The van der Waals surface area contributed by atoms with Crippen molar-refractivity contribution in [1.82, 2.24) is 5.01 Å². The molecule has 0 spiro atoms. The lowest BCUT2D eigenvalue weighted by atomic mass is 10.1. The van der Waals surface area contributed by atoms with Crippen molar-refractivity contribution in [3.63, 3.8) is 0 Å². The fourth-order valence-electron chi connectivity index (χ4n) is 3.16. The van der Waals surface area contributed by atoms with Gasteiger partial charge in [0, 0.05) is 5.02 Å². The Morgan fingerprint density at radius 1 is 1.04 bits per heavy atom. The quantitative estimate of drug-likeness (QED) is 0.795. The average Bonchev–Trinajstić information content (AvgIpc) is 3.12. The first-order chi connectivity index (χ1) is 12.1. The van der Waals surface area contributed by atoms with Gasteiger partial charge in [0.05, 0.1) is 12.2 Å². The minimum absolute atomic E-state index is 0.309. The highest BCUT2D eigenvalue weighted by Gasteiger charge is 2.54. The van der Waals surface area contributed by atoms with Crippen LogP contribution in [0.4, 0.5) is 5.69 Å². The summed E-state index contributed by atoms with van der Waals surface area (Å²) < 4.78 is 0. The maximum Gasteiger partial charge on any atom is 0.263 e. The van der Waals surface area contributed by atoms with E-state index in [1.165, 1.54) is 4.90 Å². The molecule has 2 aliphatic rings. The Morgan fingerprint density at radius 2 is 1.76 bits per heavy atom. The van der Waals surface area contributed by atoms with E-state index in [2.05, 4.69) is 10.3 Å². The van der Waals surface area contributed by atoms with Gasteiger partial charge in [-0.3, -0.25) is 14.6 Å². The SMILES string of the molecule is Cc1ccccc1CN1N=NC2C(=O)N(c3ccc(Cl)cc3)C(=O)C21. The van der Waals surface area contributed by atoms with Crippen LogP contribution in [0.5, 0.6) is 0 Å². The summed E-state index contributed by atoms with van der Waals surface area (Å²) in [6.45, 7) is 2.44. The number of rotatable bonds is 3. The highest BCUT2D eigenvalue weighted by molar-refractivity contribution is 6.31. The van der Waals surface area contributed by atoms with Crippen LogP contribution in [-0.4, -0.2) is 28.9 Å². The molecule has 2 aromatic carbocycles. The van der Waals surface area contributed by atoms with E-state index in [1.807, 2.05) is 31.2 Å². The van der Waals surface area contributed by atoms with Crippen LogP contribution in [0.3, 0.4) is 0 Å². The molecule has 0 aromatic heterocycles. The van der Waals surface area contributed by atoms with Gasteiger partial charge in [-0.15, -0.1) is 0 Å². The third-order valence-corrected chi connectivity index (χ3v) is 4.79. The molecule has 0 radical (unpaired) electrons. The monoisotopic (exact) mass is 354 g/mol. The van der Waals surface area contributed by atoms with Gasteiger partial charge in [-0.05, 0) is 42.3 Å². The van der Waals surface area contributed by atoms with E-state index in [0.29, 0.717) is 17.3 Å². The molecule has 25 heavy (non-hydrogen) atoms. The molecule has 126 valence electrons. The number of benzene rings is 2. The molecule has 2 heterocycles. The van der Waals surface area contributed by atoms with Crippen LogP contribution < -0.4 is 4.90 Å². The number of aryl methyl sites for hydroxylation is 1. The molecule has 2 atom stereocenters. The van der Waals surface area contributed by atoms with Crippen molar-refractivity contribution in [2.45, 2.75) is 25.6 Å². The normalized spacial score (nSPS) is 22.0. The highest BCUT2D eigenvalue weighted by Crippen LogP contribution is 2.33. The highest BCUT2D eigenvalue weighted by atomic mass is 35.5. The van der Waals surface area contributed by atoms with Crippen LogP contribution in [0.2, 0.25) is 5.02 Å². The Kier molecular flexibility index (Phi) is 3.77. The molecule has 2 unspecified atom stereocenters. The van der Waals surface area contributed by atoms with Crippen molar-refractivity contribution in [3.05, 3.63) is 64.7 Å². The molecule has 0 aliphatic carbocycles. The summed E-state index contributed by atoms with van der Waals surface area (Å²) in [6.07, 6.45) is 0. The smallest absolute Gasteiger partial charge is 0.263 e. The number of anilines is 1. The number of fused-ring (bicyclic) bond motifs is 1. The zero-order valence-corrected chi connectivity index (χ0v) is 14.2. The van der Waals surface area contributed by atoms with Gasteiger partial charge in [-0.2, -0.15) is 5.11 Å². The summed E-state index contributed by atoms with van der Waals surface area (Å²) in [5, 5.41) is 10.3. The minimum Gasteiger partial charge on any atom is -0.271 e. The number of carbonyl (C=O) groups is 2. The van der Waals surface area contributed by atoms with Gasteiger partial charge in [0.15, 0.2) is 12.1 Å². The fourth-order valence-corrected chi connectivity index (χ4v) is 3.29. The van der Waals surface area contributed by atoms with Gasteiger partial charge < -0.3 is 0 Å². The average molecular weight is 355 g/mol. The Labute approximate surface area is 149 Å². The second kappa shape index (κ2) is 5.97. The van der Waals surface area contributed by atoms with E-state index in [-0.39, 0.29) is 11.8 Å². The van der Waals surface area contributed by atoms with Gasteiger partial charge in [-0.1, -0.05) is 41.1 Å². The number of nitrogens with zero attached hydrogens (tertiary/aromatic N) is 4. The molecule has 0 saturated carbocycles. The lowest BCUT2D eigenvalue weighted by Crippen LogP contribution is -2.39. The van der Waals surface area contributed by atoms with E-state index < -0.39 is 12.1 Å². The molecule has 6 nitrogen and oxygen atoms in total. The second-order valence-corrected chi connectivity index (χ2v) is 6.54. The van der Waals surface area contributed by atoms with Gasteiger partial charge in [-0.25, -0.2) is 4.90 Å². The summed E-state index contributed by atoms with van der Waals surface area (Å²) in [6, 6.07) is 13.0. The Morgan fingerprint density at radius 3 is 2.48 bits per heavy atom. The lowest BCUT2D eigenvalue weighted by Gasteiger charge is -2.21. The van der Waals surface area contributed by atoms with Crippen molar-refractivity contribution >= 4 is 29.1 Å². The first-order valence-corrected chi connectivity index (χ1v) is 8.29. The van der Waals surface area contributed by atoms with Gasteiger partial charge in [0.2, 0.25) is 0 Å². The van der Waals surface area contributed by atoms with Crippen LogP contribution >= 0.6 is 11.6 Å². The number of carbonyl (C=O) groups excluding carboxylic acids is 2. The van der Waals surface area contributed by atoms with E-state index in [4.69, 9.17) is 11.6 Å². The van der Waals surface area contributed by atoms with Gasteiger partial charge >= 0.3 is 0 Å². The fraction of sp³-hybridized carbons (Fsp3) is 0.222. The summed E-state index contributed by atoms with van der Waals surface area (Å²) in [7, 11) is 0. The summed E-state index contributed by atoms with van der Waals surface area (Å²) in [4.78, 5) is 26.7. The molecule has 7 heteroatoms. The van der Waals surface area contributed by atoms with Crippen molar-refractivity contribution in [2.24, 2.45) is 10.3 Å². The van der Waals surface area contributed by atoms with Crippen molar-refractivity contribution in [1.29, 1.82) is 0 Å². The summed E-state index contributed by atoms with van der Waals surface area (Å²) >= 11 is 5.89. The molecule has 1 saturated heterocycles. The summed E-state index contributed by atoms with van der Waals surface area (Å²) in [5.74, 6) is -0.663. The molecule has 2 amide bonds. The molecular formula is C18H15ClN4O2. The Balaban J connectivity index is 1.62. The molecule has 4 rings (SSSR count). The number of halogens is 1. The van der Waals surface area contributed by atoms with Crippen LogP contribution in [0, 0.1) is 6.92 Å². The van der Waals surface area contributed by atoms with Crippen LogP contribution in [0.15, 0.2) is 58.9 Å². The van der Waals surface area contributed by atoms with Gasteiger partial charge in [0.25, 0.3) is 11.8 Å². The molecule has 0 N–H and O–H groups in total. The molecule has 0 bridgehead atoms. The van der Waals surface area contributed by atoms with Crippen LogP contribution in [-0.2, 0) is 16.1 Å². The van der Waals surface area contributed by atoms with E-state index in [1.54, 1.807) is 29.3 Å².